The number of piperazine rings is 1. The molecule has 0 radical (unpaired) electrons. The second-order valence-electron chi connectivity index (χ2n) is 7.24. The molecular formula is C22H31N5O. The number of carbonyl (C=O) groups excluding carboxylic acids is 1. The maximum absolute atomic E-state index is 12.9. The molecule has 1 N–H and O–H groups in total. The molecule has 0 saturated carbocycles. The van der Waals surface area contributed by atoms with Crippen molar-refractivity contribution in [2.75, 3.05) is 44.7 Å². The van der Waals surface area contributed by atoms with Crippen LogP contribution >= 0.6 is 0 Å². The lowest BCUT2D eigenvalue weighted by molar-refractivity contribution is 0.108. The van der Waals surface area contributed by atoms with Gasteiger partial charge in [-0.3, -0.25) is 0 Å². The minimum Gasteiger partial charge on any atom is -0.357 e. The van der Waals surface area contributed by atoms with Gasteiger partial charge in [0, 0.05) is 45.5 Å². The van der Waals surface area contributed by atoms with Gasteiger partial charge in [-0.15, -0.1) is 0 Å². The Morgan fingerprint density at radius 2 is 1.89 bits per heavy atom. The van der Waals surface area contributed by atoms with E-state index in [4.69, 9.17) is 0 Å². The van der Waals surface area contributed by atoms with E-state index < -0.39 is 0 Å². The second-order valence-corrected chi connectivity index (χ2v) is 7.24. The highest BCUT2D eigenvalue weighted by Gasteiger charge is 2.30. The fourth-order valence-electron chi connectivity index (χ4n) is 3.66. The van der Waals surface area contributed by atoms with E-state index in [0.29, 0.717) is 6.54 Å². The van der Waals surface area contributed by atoms with Gasteiger partial charge in [-0.05, 0) is 38.1 Å². The van der Waals surface area contributed by atoms with Crippen LogP contribution in [0.3, 0.4) is 0 Å². The molecule has 1 unspecified atom stereocenters. The van der Waals surface area contributed by atoms with Gasteiger partial charge in [-0.1, -0.05) is 36.4 Å². The Morgan fingerprint density at radius 3 is 2.54 bits per heavy atom. The summed E-state index contributed by atoms with van der Waals surface area (Å²) < 4.78 is 0. The Kier molecular flexibility index (Phi) is 6.87. The number of hydrogen-bond acceptors (Lipinski definition) is 4. The van der Waals surface area contributed by atoms with Crippen molar-refractivity contribution in [3.63, 3.8) is 0 Å². The summed E-state index contributed by atoms with van der Waals surface area (Å²) in [6, 6.07) is 14.4. The Bertz CT molecular complexity index is 745. The molecule has 0 spiro atoms. The van der Waals surface area contributed by atoms with Gasteiger partial charge in [0.1, 0.15) is 5.82 Å². The quantitative estimate of drug-likeness (QED) is 0.835. The Morgan fingerprint density at radius 1 is 1.14 bits per heavy atom. The van der Waals surface area contributed by atoms with Gasteiger partial charge in [-0.2, -0.15) is 0 Å². The molecule has 150 valence electrons. The van der Waals surface area contributed by atoms with Gasteiger partial charge in [0.2, 0.25) is 0 Å². The third-order valence-corrected chi connectivity index (χ3v) is 5.37. The van der Waals surface area contributed by atoms with E-state index in [1.165, 1.54) is 5.56 Å². The molecule has 1 aliphatic rings. The number of pyridine rings is 1. The van der Waals surface area contributed by atoms with Crippen LogP contribution in [0.2, 0.25) is 0 Å². The van der Waals surface area contributed by atoms with Crippen molar-refractivity contribution in [3.8, 4) is 0 Å². The van der Waals surface area contributed by atoms with E-state index >= 15 is 0 Å². The van der Waals surface area contributed by atoms with Gasteiger partial charge in [0.15, 0.2) is 0 Å². The summed E-state index contributed by atoms with van der Waals surface area (Å²) in [6.45, 7) is 9.05. The summed E-state index contributed by atoms with van der Waals surface area (Å²) in [6.07, 6.45) is 1.85. The Hall–Kier alpha value is -2.60. The summed E-state index contributed by atoms with van der Waals surface area (Å²) in [5, 5.41) is 3.07. The zero-order valence-corrected chi connectivity index (χ0v) is 17.1. The first-order valence-electron chi connectivity index (χ1n) is 10.1. The number of urea groups is 1. The molecule has 28 heavy (non-hydrogen) atoms. The molecule has 6 nitrogen and oxygen atoms in total. The van der Waals surface area contributed by atoms with E-state index in [0.717, 1.165) is 44.1 Å². The molecule has 1 atom stereocenters. The van der Waals surface area contributed by atoms with Crippen molar-refractivity contribution in [1.29, 1.82) is 0 Å². The van der Waals surface area contributed by atoms with Crippen LogP contribution in [0.4, 0.5) is 10.6 Å². The van der Waals surface area contributed by atoms with Crippen LogP contribution in [-0.2, 0) is 6.54 Å². The van der Waals surface area contributed by atoms with Gasteiger partial charge in [0.25, 0.3) is 0 Å². The van der Waals surface area contributed by atoms with Gasteiger partial charge in [-0.25, -0.2) is 9.78 Å². The lowest BCUT2D eigenvalue weighted by Crippen LogP contribution is -2.52. The summed E-state index contributed by atoms with van der Waals surface area (Å²) >= 11 is 0. The highest BCUT2D eigenvalue weighted by Crippen LogP contribution is 2.24. The van der Waals surface area contributed by atoms with Crippen molar-refractivity contribution in [3.05, 3.63) is 59.8 Å². The van der Waals surface area contributed by atoms with Crippen LogP contribution in [0, 0.1) is 0 Å². The largest absolute Gasteiger partial charge is 0.357 e. The molecular weight excluding hydrogens is 350 g/mol. The van der Waals surface area contributed by atoms with E-state index in [9.17, 15) is 4.79 Å². The fourth-order valence-corrected chi connectivity index (χ4v) is 3.66. The predicted molar refractivity (Wildman–Crippen MR) is 113 cm³/mol. The number of nitrogens with zero attached hydrogens (tertiary/aromatic N) is 4. The Balaban J connectivity index is 1.63. The van der Waals surface area contributed by atoms with Crippen molar-refractivity contribution >= 4 is 11.8 Å². The molecule has 2 heterocycles. The molecule has 2 amide bonds. The smallest absolute Gasteiger partial charge is 0.318 e. The van der Waals surface area contributed by atoms with Crippen LogP contribution in [0.25, 0.3) is 0 Å². The minimum atomic E-state index is -0.0187. The van der Waals surface area contributed by atoms with E-state index in [2.05, 4.69) is 53.1 Å². The van der Waals surface area contributed by atoms with Crippen LogP contribution in [0.15, 0.2) is 48.7 Å². The van der Waals surface area contributed by atoms with Gasteiger partial charge >= 0.3 is 6.03 Å². The average molecular weight is 382 g/mol. The lowest BCUT2D eigenvalue weighted by Gasteiger charge is -2.40. The number of anilines is 1. The summed E-state index contributed by atoms with van der Waals surface area (Å²) in [4.78, 5) is 23.9. The molecule has 1 aromatic carbocycles. The summed E-state index contributed by atoms with van der Waals surface area (Å²) in [5.74, 6) is 0.975. The molecule has 6 heteroatoms. The number of nitrogens with one attached hydrogen (secondary N) is 1. The number of amides is 2. The first kappa shape index (κ1) is 20.1. The van der Waals surface area contributed by atoms with Crippen molar-refractivity contribution < 1.29 is 4.79 Å². The van der Waals surface area contributed by atoms with E-state index in [-0.39, 0.29) is 12.1 Å². The molecule has 1 aromatic heterocycles. The van der Waals surface area contributed by atoms with Crippen molar-refractivity contribution in [2.45, 2.75) is 26.4 Å². The molecule has 1 fully saturated rings. The lowest BCUT2D eigenvalue weighted by atomic mass is 10.0. The fraction of sp³-hybridized carbons (Fsp3) is 0.455. The minimum absolute atomic E-state index is 0.0187. The van der Waals surface area contributed by atoms with Crippen LogP contribution in [0.1, 0.15) is 31.0 Å². The molecule has 1 aliphatic heterocycles. The van der Waals surface area contributed by atoms with E-state index in [1.807, 2.05) is 41.4 Å². The first-order chi connectivity index (χ1) is 13.6. The molecule has 0 aliphatic carbocycles. The molecule has 3 rings (SSSR count). The van der Waals surface area contributed by atoms with Crippen LogP contribution < -0.4 is 10.2 Å². The second kappa shape index (κ2) is 9.55. The number of hydrogen-bond donors (Lipinski definition) is 1. The van der Waals surface area contributed by atoms with E-state index in [1.54, 1.807) is 0 Å². The predicted octanol–water partition coefficient (Wildman–Crippen LogP) is 3.13. The van der Waals surface area contributed by atoms with Crippen molar-refractivity contribution in [2.24, 2.45) is 0 Å². The third-order valence-electron chi connectivity index (χ3n) is 5.37. The zero-order chi connectivity index (χ0) is 19.9. The molecule has 2 aromatic rings. The molecule has 0 bridgehead atoms. The SMILES string of the molecule is CCN(CC)c1ccc(CNC(=O)N2CCN(C)CC2c2ccccc2)cn1. The van der Waals surface area contributed by atoms with Crippen LogP contribution in [-0.4, -0.2) is 60.6 Å². The first-order valence-corrected chi connectivity index (χ1v) is 10.1. The summed E-state index contributed by atoms with van der Waals surface area (Å²) in [7, 11) is 2.11. The topological polar surface area (TPSA) is 51.7 Å². The van der Waals surface area contributed by atoms with Gasteiger partial charge in [0.05, 0.1) is 6.04 Å². The number of rotatable bonds is 6. The van der Waals surface area contributed by atoms with Gasteiger partial charge < -0.3 is 20.0 Å². The maximum atomic E-state index is 12.9. The monoisotopic (exact) mass is 381 g/mol. The standard InChI is InChI=1S/C22H31N5O/c1-4-26(5-2)21-12-11-18(15-23-21)16-24-22(28)27-14-13-25(3)17-20(27)19-9-7-6-8-10-19/h6-12,15,20H,4-5,13-14,16-17H2,1-3H3,(H,24,28). The maximum Gasteiger partial charge on any atom is 0.318 e. The van der Waals surface area contributed by atoms with Crippen molar-refractivity contribution in [1.82, 2.24) is 20.1 Å². The highest BCUT2D eigenvalue weighted by atomic mass is 16.2. The third kappa shape index (κ3) is 4.81. The zero-order valence-electron chi connectivity index (χ0n) is 17.1. The number of benzene rings is 1. The summed E-state index contributed by atoms with van der Waals surface area (Å²) in [5.41, 5.74) is 2.18. The number of likely N-dealkylation sites (N-methyl/N-ethyl adjacent to an activating group) is 1. The normalized spacial score (nSPS) is 17.4. The molecule has 1 saturated heterocycles. The average Bonchev–Trinajstić information content (AvgIpc) is 2.74. The number of carbonyl (C=O) groups is 1. The Labute approximate surface area is 168 Å². The number of aromatic nitrogens is 1. The highest BCUT2D eigenvalue weighted by molar-refractivity contribution is 5.75. The van der Waals surface area contributed by atoms with Crippen LogP contribution in [0.5, 0.6) is 0 Å².